The standard InChI is InChI=1S/C14H27N3O2/c1-19-10-4-6-13(15)14(18)17-9-8-16-7-3-2-5-12(16)11-17/h12-13H,2-11,15H2,1H3. The third-order valence-corrected chi connectivity index (χ3v) is 4.33. The molecule has 0 saturated carbocycles. The van der Waals surface area contributed by atoms with E-state index in [1.807, 2.05) is 4.90 Å². The minimum atomic E-state index is -0.356. The molecule has 1 amide bonds. The van der Waals surface area contributed by atoms with Crippen LogP contribution in [0.25, 0.3) is 0 Å². The molecule has 2 heterocycles. The van der Waals surface area contributed by atoms with Crippen LogP contribution in [0.3, 0.4) is 0 Å². The van der Waals surface area contributed by atoms with Crippen molar-refractivity contribution in [3.63, 3.8) is 0 Å². The summed E-state index contributed by atoms with van der Waals surface area (Å²) in [5.41, 5.74) is 6.00. The molecule has 2 aliphatic rings. The fraction of sp³-hybridized carbons (Fsp3) is 0.929. The summed E-state index contributed by atoms with van der Waals surface area (Å²) in [4.78, 5) is 16.8. The number of ether oxygens (including phenoxy) is 1. The molecule has 2 atom stereocenters. The quantitative estimate of drug-likeness (QED) is 0.736. The van der Waals surface area contributed by atoms with Gasteiger partial charge in [0.15, 0.2) is 0 Å². The summed E-state index contributed by atoms with van der Waals surface area (Å²) in [6.45, 7) is 4.61. The first-order valence-electron chi connectivity index (χ1n) is 7.49. The first-order chi connectivity index (χ1) is 9.22. The van der Waals surface area contributed by atoms with Crippen molar-refractivity contribution in [1.29, 1.82) is 0 Å². The van der Waals surface area contributed by atoms with E-state index in [0.29, 0.717) is 12.6 Å². The lowest BCUT2D eigenvalue weighted by atomic mass is 9.99. The predicted octanol–water partition coefficient (Wildman–Crippen LogP) is 0.437. The van der Waals surface area contributed by atoms with Gasteiger partial charge in [0, 0.05) is 39.4 Å². The van der Waals surface area contributed by atoms with Gasteiger partial charge in [0.2, 0.25) is 5.91 Å². The second kappa shape index (κ2) is 7.22. The molecule has 5 heteroatoms. The Hall–Kier alpha value is -0.650. The molecule has 0 aromatic rings. The van der Waals surface area contributed by atoms with Crippen LogP contribution in [0.2, 0.25) is 0 Å². The summed E-state index contributed by atoms with van der Waals surface area (Å²) in [5, 5.41) is 0. The maximum atomic E-state index is 12.3. The molecule has 2 fully saturated rings. The van der Waals surface area contributed by atoms with E-state index in [1.165, 1.54) is 25.8 Å². The Bertz CT molecular complexity index is 298. The summed E-state index contributed by atoms with van der Waals surface area (Å²) in [6.07, 6.45) is 5.40. The van der Waals surface area contributed by atoms with Gasteiger partial charge < -0.3 is 15.4 Å². The Morgan fingerprint density at radius 1 is 1.37 bits per heavy atom. The van der Waals surface area contributed by atoms with Crippen LogP contribution in [0.1, 0.15) is 32.1 Å². The molecule has 2 unspecified atom stereocenters. The Balaban J connectivity index is 1.79. The van der Waals surface area contributed by atoms with Crippen LogP contribution < -0.4 is 5.73 Å². The number of rotatable bonds is 5. The van der Waals surface area contributed by atoms with Crippen molar-refractivity contribution in [1.82, 2.24) is 9.80 Å². The molecule has 2 rings (SSSR count). The van der Waals surface area contributed by atoms with Gasteiger partial charge in [0.05, 0.1) is 6.04 Å². The number of amides is 1. The number of nitrogens with two attached hydrogens (primary N) is 1. The van der Waals surface area contributed by atoms with E-state index in [1.54, 1.807) is 7.11 Å². The molecular weight excluding hydrogens is 242 g/mol. The van der Waals surface area contributed by atoms with Gasteiger partial charge in [-0.05, 0) is 32.2 Å². The van der Waals surface area contributed by atoms with E-state index in [9.17, 15) is 4.79 Å². The number of hydrogen-bond acceptors (Lipinski definition) is 4. The van der Waals surface area contributed by atoms with E-state index >= 15 is 0 Å². The zero-order chi connectivity index (χ0) is 13.7. The van der Waals surface area contributed by atoms with E-state index in [2.05, 4.69) is 4.90 Å². The van der Waals surface area contributed by atoms with Crippen LogP contribution in [-0.2, 0) is 9.53 Å². The first kappa shape index (κ1) is 14.8. The monoisotopic (exact) mass is 269 g/mol. The van der Waals surface area contributed by atoms with Crippen LogP contribution in [0.4, 0.5) is 0 Å². The Morgan fingerprint density at radius 3 is 3.00 bits per heavy atom. The highest BCUT2D eigenvalue weighted by atomic mass is 16.5. The highest BCUT2D eigenvalue weighted by Gasteiger charge is 2.32. The van der Waals surface area contributed by atoms with Crippen molar-refractivity contribution >= 4 is 5.91 Å². The number of piperazine rings is 1. The molecule has 110 valence electrons. The molecule has 19 heavy (non-hydrogen) atoms. The lowest BCUT2D eigenvalue weighted by molar-refractivity contribution is -0.136. The largest absolute Gasteiger partial charge is 0.385 e. The average molecular weight is 269 g/mol. The molecule has 2 N–H and O–H groups in total. The summed E-state index contributed by atoms with van der Waals surface area (Å²) in [6, 6.07) is 0.211. The number of fused-ring (bicyclic) bond motifs is 1. The second-order valence-corrected chi connectivity index (χ2v) is 5.71. The summed E-state index contributed by atoms with van der Waals surface area (Å²) >= 11 is 0. The van der Waals surface area contributed by atoms with Gasteiger partial charge in [-0.2, -0.15) is 0 Å². The van der Waals surface area contributed by atoms with Crippen LogP contribution in [-0.4, -0.2) is 67.7 Å². The van der Waals surface area contributed by atoms with Crippen LogP contribution in [0, 0.1) is 0 Å². The van der Waals surface area contributed by atoms with E-state index in [-0.39, 0.29) is 11.9 Å². The highest BCUT2D eigenvalue weighted by Crippen LogP contribution is 2.21. The first-order valence-corrected chi connectivity index (χ1v) is 7.49. The maximum Gasteiger partial charge on any atom is 0.239 e. The fourth-order valence-electron chi connectivity index (χ4n) is 3.16. The van der Waals surface area contributed by atoms with Crippen molar-refractivity contribution in [2.75, 3.05) is 39.9 Å². The number of carbonyl (C=O) groups excluding carboxylic acids is 1. The molecular formula is C14H27N3O2. The molecule has 5 nitrogen and oxygen atoms in total. The zero-order valence-corrected chi connectivity index (χ0v) is 12.0. The van der Waals surface area contributed by atoms with Crippen molar-refractivity contribution in [3.05, 3.63) is 0 Å². The minimum Gasteiger partial charge on any atom is -0.385 e. The van der Waals surface area contributed by atoms with Crippen LogP contribution >= 0.6 is 0 Å². The minimum absolute atomic E-state index is 0.126. The lowest BCUT2D eigenvalue weighted by Gasteiger charge is -2.44. The van der Waals surface area contributed by atoms with Gasteiger partial charge in [-0.3, -0.25) is 9.69 Å². The van der Waals surface area contributed by atoms with E-state index in [0.717, 1.165) is 32.5 Å². The van der Waals surface area contributed by atoms with Crippen LogP contribution in [0.15, 0.2) is 0 Å². The SMILES string of the molecule is COCCCC(N)C(=O)N1CCN2CCCCC2C1. The Morgan fingerprint density at radius 2 is 2.21 bits per heavy atom. The van der Waals surface area contributed by atoms with Crippen LogP contribution in [0.5, 0.6) is 0 Å². The fourth-order valence-corrected chi connectivity index (χ4v) is 3.16. The van der Waals surface area contributed by atoms with Gasteiger partial charge in [-0.25, -0.2) is 0 Å². The normalized spacial score (nSPS) is 26.0. The number of methoxy groups -OCH3 is 1. The summed E-state index contributed by atoms with van der Waals surface area (Å²) in [5.74, 6) is 0.126. The van der Waals surface area contributed by atoms with Gasteiger partial charge in [-0.15, -0.1) is 0 Å². The molecule has 2 aliphatic heterocycles. The summed E-state index contributed by atoms with van der Waals surface area (Å²) < 4.78 is 5.00. The van der Waals surface area contributed by atoms with E-state index < -0.39 is 0 Å². The molecule has 0 bridgehead atoms. The predicted molar refractivity (Wildman–Crippen MR) is 74.9 cm³/mol. The average Bonchev–Trinajstić information content (AvgIpc) is 2.46. The molecule has 0 spiro atoms. The number of hydrogen-bond donors (Lipinski definition) is 1. The third-order valence-electron chi connectivity index (χ3n) is 4.33. The lowest BCUT2D eigenvalue weighted by Crippen LogP contribution is -2.58. The number of nitrogens with zero attached hydrogens (tertiary/aromatic N) is 2. The van der Waals surface area contributed by atoms with Gasteiger partial charge in [0.25, 0.3) is 0 Å². The van der Waals surface area contributed by atoms with Crippen molar-refractivity contribution in [2.45, 2.75) is 44.2 Å². The Labute approximate surface area is 116 Å². The molecule has 0 aromatic heterocycles. The van der Waals surface area contributed by atoms with E-state index in [4.69, 9.17) is 10.5 Å². The zero-order valence-electron chi connectivity index (χ0n) is 12.0. The van der Waals surface area contributed by atoms with Gasteiger partial charge in [0.1, 0.15) is 0 Å². The van der Waals surface area contributed by atoms with Crippen molar-refractivity contribution in [3.8, 4) is 0 Å². The molecule has 0 aromatic carbocycles. The Kier molecular flexibility index (Phi) is 5.60. The molecule has 0 radical (unpaired) electrons. The summed E-state index contributed by atoms with van der Waals surface area (Å²) in [7, 11) is 1.68. The van der Waals surface area contributed by atoms with Gasteiger partial charge in [-0.1, -0.05) is 6.42 Å². The maximum absolute atomic E-state index is 12.3. The molecule has 2 saturated heterocycles. The third kappa shape index (κ3) is 3.91. The smallest absolute Gasteiger partial charge is 0.239 e. The molecule has 0 aliphatic carbocycles. The topological polar surface area (TPSA) is 58.8 Å². The highest BCUT2D eigenvalue weighted by molar-refractivity contribution is 5.81. The number of piperidine rings is 1. The van der Waals surface area contributed by atoms with Gasteiger partial charge >= 0.3 is 0 Å². The second-order valence-electron chi connectivity index (χ2n) is 5.71. The van der Waals surface area contributed by atoms with Crippen molar-refractivity contribution in [2.24, 2.45) is 5.73 Å². The number of carbonyl (C=O) groups is 1. The van der Waals surface area contributed by atoms with Crippen molar-refractivity contribution < 1.29 is 9.53 Å².